The Bertz CT molecular complexity index is 368. The highest BCUT2D eigenvalue weighted by Gasteiger charge is 2.05. The lowest BCUT2D eigenvalue weighted by Gasteiger charge is -2.08. The third-order valence-electron chi connectivity index (χ3n) is 2.12. The summed E-state index contributed by atoms with van der Waals surface area (Å²) in [7, 11) is 1.65. The van der Waals surface area contributed by atoms with Crippen molar-refractivity contribution in [2.75, 3.05) is 7.11 Å². The van der Waals surface area contributed by atoms with Crippen LogP contribution in [0.3, 0.4) is 0 Å². The molecule has 0 aliphatic carbocycles. The van der Waals surface area contributed by atoms with E-state index in [-0.39, 0.29) is 0 Å². The summed E-state index contributed by atoms with van der Waals surface area (Å²) in [6.07, 6.45) is 1.35. The normalized spacial score (nSPS) is 9.57. The van der Waals surface area contributed by atoms with Crippen molar-refractivity contribution in [2.24, 2.45) is 0 Å². The van der Waals surface area contributed by atoms with Crippen molar-refractivity contribution in [3.05, 3.63) is 27.7 Å². The second-order valence-electron chi connectivity index (χ2n) is 3.07. The minimum Gasteiger partial charge on any atom is -0.496 e. The van der Waals surface area contributed by atoms with Gasteiger partial charge in [-0.2, -0.15) is 5.26 Å². The molecular weight excluding hydrogens is 242 g/mol. The van der Waals surface area contributed by atoms with Crippen molar-refractivity contribution in [3.63, 3.8) is 0 Å². The maximum Gasteiger partial charge on any atom is 0.133 e. The van der Waals surface area contributed by atoms with Gasteiger partial charge < -0.3 is 4.74 Å². The molecule has 0 radical (unpaired) electrons. The van der Waals surface area contributed by atoms with Gasteiger partial charge in [0.1, 0.15) is 5.75 Å². The van der Waals surface area contributed by atoms with E-state index < -0.39 is 0 Å². The fourth-order valence-corrected chi connectivity index (χ4v) is 1.87. The summed E-state index contributed by atoms with van der Waals surface area (Å²) in [5, 5.41) is 8.50. The highest BCUT2D eigenvalue weighted by atomic mass is 79.9. The second kappa shape index (κ2) is 5.02. The molecule has 0 spiro atoms. The molecule has 0 aromatic heterocycles. The molecule has 74 valence electrons. The number of nitrogens with zero attached hydrogens (tertiary/aromatic N) is 1. The molecule has 0 saturated carbocycles. The number of hydrogen-bond acceptors (Lipinski definition) is 2. The lowest BCUT2D eigenvalue weighted by molar-refractivity contribution is 0.411. The van der Waals surface area contributed by atoms with Gasteiger partial charge in [-0.15, -0.1) is 0 Å². The number of methoxy groups -OCH3 is 1. The molecule has 1 aromatic rings. The standard InChI is InChI=1S/C11H12BrNO/c1-8-6-11(14-2)10(12)7-9(8)4-3-5-13/h6-7H,3-4H2,1-2H3. The Hall–Kier alpha value is -1.01. The number of aryl methyl sites for hydroxylation is 2. The van der Waals surface area contributed by atoms with E-state index in [0.29, 0.717) is 6.42 Å². The van der Waals surface area contributed by atoms with E-state index in [1.54, 1.807) is 7.11 Å². The van der Waals surface area contributed by atoms with Crippen molar-refractivity contribution in [3.8, 4) is 11.8 Å². The average molecular weight is 254 g/mol. The van der Waals surface area contributed by atoms with Crippen LogP contribution in [-0.2, 0) is 6.42 Å². The summed E-state index contributed by atoms with van der Waals surface area (Å²) >= 11 is 3.43. The van der Waals surface area contributed by atoms with Crippen LogP contribution in [0.1, 0.15) is 17.5 Å². The first-order valence-corrected chi connectivity index (χ1v) is 5.18. The number of rotatable bonds is 3. The second-order valence-corrected chi connectivity index (χ2v) is 3.93. The maximum absolute atomic E-state index is 8.50. The van der Waals surface area contributed by atoms with Crippen LogP contribution in [0.5, 0.6) is 5.75 Å². The van der Waals surface area contributed by atoms with Crippen LogP contribution in [0.25, 0.3) is 0 Å². The lowest BCUT2D eigenvalue weighted by Crippen LogP contribution is -1.92. The number of ether oxygens (including phenoxy) is 1. The molecule has 0 N–H and O–H groups in total. The maximum atomic E-state index is 8.50. The molecule has 0 aliphatic heterocycles. The SMILES string of the molecule is COc1cc(C)c(CCC#N)cc1Br. The fourth-order valence-electron chi connectivity index (χ4n) is 1.31. The average Bonchev–Trinajstić information content (AvgIpc) is 2.18. The van der Waals surface area contributed by atoms with Crippen molar-refractivity contribution < 1.29 is 4.74 Å². The summed E-state index contributed by atoms with van der Waals surface area (Å²) in [5.41, 5.74) is 2.36. The zero-order valence-corrected chi connectivity index (χ0v) is 9.89. The van der Waals surface area contributed by atoms with Crippen LogP contribution in [0, 0.1) is 18.3 Å². The lowest BCUT2D eigenvalue weighted by atomic mass is 10.0. The van der Waals surface area contributed by atoms with Gasteiger partial charge in [0, 0.05) is 6.42 Å². The summed E-state index contributed by atoms with van der Waals surface area (Å²) in [5.74, 6) is 0.836. The van der Waals surface area contributed by atoms with Gasteiger partial charge in [0.25, 0.3) is 0 Å². The molecule has 0 aliphatic rings. The molecule has 1 rings (SSSR count). The van der Waals surface area contributed by atoms with Crippen LogP contribution in [0.4, 0.5) is 0 Å². The number of nitriles is 1. The predicted molar refractivity (Wildman–Crippen MR) is 59.4 cm³/mol. The van der Waals surface area contributed by atoms with Crippen LogP contribution in [0.15, 0.2) is 16.6 Å². The fraction of sp³-hybridized carbons (Fsp3) is 0.364. The first-order chi connectivity index (χ1) is 6.69. The minimum absolute atomic E-state index is 0.555. The first kappa shape index (κ1) is 11.1. The summed E-state index contributed by atoms with van der Waals surface area (Å²) in [6, 6.07) is 6.15. The monoisotopic (exact) mass is 253 g/mol. The van der Waals surface area contributed by atoms with Gasteiger partial charge in [-0.3, -0.25) is 0 Å². The summed E-state index contributed by atoms with van der Waals surface area (Å²) in [4.78, 5) is 0. The van der Waals surface area contributed by atoms with Crippen LogP contribution in [0.2, 0.25) is 0 Å². The number of benzene rings is 1. The van der Waals surface area contributed by atoms with Gasteiger partial charge in [-0.05, 0) is 52.5 Å². The van der Waals surface area contributed by atoms with E-state index in [1.165, 1.54) is 11.1 Å². The molecule has 1 aromatic carbocycles. The Morgan fingerprint density at radius 1 is 1.50 bits per heavy atom. The van der Waals surface area contributed by atoms with E-state index >= 15 is 0 Å². The van der Waals surface area contributed by atoms with Crippen LogP contribution in [-0.4, -0.2) is 7.11 Å². The van der Waals surface area contributed by atoms with Crippen LogP contribution >= 0.6 is 15.9 Å². The van der Waals surface area contributed by atoms with E-state index in [0.717, 1.165) is 16.6 Å². The quantitative estimate of drug-likeness (QED) is 0.829. The van der Waals surface area contributed by atoms with E-state index in [9.17, 15) is 0 Å². The number of hydrogen-bond donors (Lipinski definition) is 0. The van der Waals surface area contributed by atoms with Gasteiger partial charge in [-0.1, -0.05) is 0 Å². The molecule has 0 heterocycles. The Kier molecular flexibility index (Phi) is 3.97. The van der Waals surface area contributed by atoms with Gasteiger partial charge in [0.2, 0.25) is 0 Å². The third-order valence-corrected chi connectivity index (χ3v) is 2.74. The Labute approximate surface area is 92.6 Å². The van der Waals surface area contributed by atoms with Crippen molar-refractivity contribution in [1.29, 1.82) is 5.26 Å². The molecule has 0 fully saturated rings. The molecule has 14 heavy (non-hydrogen) atoms. The summed E-state index contributed by atoms with van der Waals surface area (Å²) in [6.45, 7) is 2.03. The first-order valence-electron chi connectivity index (χ1n) is 4.39. The molecule has 0 saturated heterocycles. The Morgan fingerprint density at radius 2 is 2.21 bits per heavy atom. The molecule has 3 heteroatoms. The predicted octanol–water partition coefficient (Wildman–Crippen LogP) is 3.22. The van der Waals surface area contributed by atoms with Crippen LogP contribution < -0.4 is 4.74 Å². The van der Waals surface area contributed by atoms with E-state index in [4.69, 9.17) is 10.00 Å². The van der Waals surface area contributed by atoms with Gasteiger partial charge in [-0.25, -0.2) is 0 Å². The largest absolute Gasteiger partial charge is 0.496 e. The Balaban J connectivity index is 2.97. The third kappa shape index (κ3) is 2.49. The molecule has 0 unspecified atom stereocenters. The Morgan fingerprint density at radius 3 is 2.79 bits per heavy atom. The highest BCUT2D eigenvalue weighted by Crippen LogP contribution is 2.28. The highest BCUT2D eigenvalue weighted by molar-refractivity contribution is 9.10. The molecule has 0 atom stereocenters. The summed E-state index contributed by atoms with van der Waals surface area (Å²) < 4.78 is 6.12. The molecular formula is C11H12BrNO. The van der Waals surface area contributed by atoms with Crippen molar-refractivity contribution >= 4 is 15.9 Å². The molecule has 0 bridgehead atoms. The van der Waals surface area contributed by atoms with Gasteiger partial charge in [0.15, 0.2) is 0 Å². The minimum atomic E-state index is 0.555. The van der Waals surface area contributed by atoms with Gasteiger partial charge in [0.05, 0.1) is 17.7 Å². The van der Waals surface area contributed by atoms with E-state index in [2.05, 4.69) is 22.0 Å². The van der Waals surface area contributed by atoms with Gasteiger partial charge >= 0.3 is 0 Å². The van der Waals surface area contributed by atoms with Crippen molar-refractivity contribution in [2.45, 2.75) is 19.8 Å². The smallest absolute Gasteiger partial charge is 0.133 e. The molecule has 0 amide bonds. The zero-order valence-electron chi connectivity index (χ0n) is 8.30. The number of halogens is 1. The van der Waals surface area contributed by atoms with E-state index in [1.807, 2.05) is 19.1 Å². The topological polar surface area (TPSA) is 33.0 Å². The zero-order chi connectivity index (χ0) is 10.6. The van der Waals surface area contributed by atoms with Crippen molar-refractivity contribution in [1.82, 2.24) is 0 Å². The molecule has 2 nitrogen and oxygen atoms in total.